The molecule has 92 valence electrons. The summed E-state index contributed by atoms with van der Waals surface area (Å²) in [4.78, 5) is 6.59. The van der Waals surface area contributed by atoms with Crippen molar-refractivity contribution in [2.75, 3.05) is 25.2 Å². The summed E-state index contributed by atoms with van der Waals surface area (Å²) < 4.78 is 5.11. The third kappa shape index (κ3) is 2.94. The zero-order chi connectivity index (χ0) is 12.3. The lowest BCUT2D eigenvalue weighted by Gasteiger charge is -2.23. The number of hydrogen-bond acceptors (Lipinski definition) is 4. The number of rotatable bonds is 6. The third-order valence-electron chi connectivity index (χ3n) is 2.87. The van der Waals surface area contributed by atoms with Gasteiger partial charge >= 0.3 is 0 Å². The molecule has 1 aliphatic carbocycles. The van der Waals surface area contributed by atoms with Crippen molar-refractivity contribution in [3.8, 4) is 0 Å². The highest BCUT2D eigenvalue weighted by Gasteiger charge is 2.29. The van der Waals surface area contributed by atoms with Gasteiger partial charge in [0.2, 0.25) is 0 Å². The standard InChI is InChI=1S/C12H18N4O/c1-17-7-6-16(10-2-3-10)11-8-9(12(13)14)4-5-15-11/h4-5,8,10H,2-3,6-7H2,1H3,(H3,13,14). The fourth-order valence-corrected chi connectivity index (χ4v) is 1.80. The molecular formula is C12H18N4O. The normalized spacial score (nSPS) is 14.6. The first kappa shape index (κ1) is 11.9. The number of pyridine rings is 1. The first-order valence-corrected chi connectivity index (χ1v) is 5.78. The van der Waals surface area contributed by atoms with E-state index in [1.165, 1.54) is 12.8 Å². The van der Waals surface area contributed by atoms with Crippen LogP contribution in [0.5, 0.6) is 0 Å². The van der Waals surface area contributed by atoms with Crippen molar-refractivity contribution in [2.45, 2.75) is 18.9 Å². The summed E-state index contributed by atoms with van der Waals surface area (Å²) in [6.45, 7) is 1.51. The lowest BCUT2D eigenvalue weighted by Crippen LogP contribution is -2.30. The van der Waals surface area contributed by atoms with E-state index in [0.29, 0.717) is 12.6 Å². The number of ether oxygens (including phenoxy) is 1. The Morgan fingerprint density at radius 2 is 2.41 bits per heavy atom. The topological polar surface area (TPSA) is 75.2 Å². The molecule has 5 heteroatoms. The van der Waals surface area contributed by atoms with Crippen molar-refractivity contribution >= 4 is 11.7 Å². The van der Waals surface area contributed by atoms with Crippen LogP contribution in [0.2, 0.25) is 0 Å². The Labute approximate surface area is 101 Å². The van der Waals surface area contributed by atoms with Gasteiger partial charge in [0, 0.05) is 31.5 Å². The molecule has 0 atom stereocenters. The summed E-state index contributed by atoms with van der Waals surface area (Å²) in [5.74, 6) is 0.966. The van der Waals surface area contributed by atoms with Gasteiger partial charge in [-0.05, 0) is 25.0 Å². The molecule has 1 aromatic rings. The van der Waals surface area contributed by atoms with Crippen molar-refractivity contribution < 1.29 is 4.74 Å². The number of nitrogens with one attached hydrogen (secondary N) is 1. The molecular weight excluding hydrogens is 216 g/mol. The number of amidine groups is 1. The summed E-state index contributed by atoms with van der Waals surface area (Å²) in [5.41, 5.74) is 6.21. The quantitative estimate of drug-likeness (QED) is 0.568. The number of nitrogens with zero attached hydrogens (tertiary/aromatic N) is 2. The van der Waals surface area contributed by atoms with E-state index in [0.717, 1.165) is 17.9 Å². The molecule has 0 bridgehead atoms. The van der Waals surface area contributed by atoms with Gasteiger partial charge in [0.15, 0.2) is 0 Å². The van der Waals surface area contributed by atoms with Gasteiger partial charge in [-0.25, -0.2) is 4.98 Å². The Morgan fingerprint density at radius 3 is 3.00 bits per heavy atom. The average Bonchev–Trinajstić information content (AvgIpc) is 3.14. The smallest absolute Gasteiger partial charge is 0.129 e. The molecule has 1 fully saturated rings. The Morgan fingerprint density at radius 1 is 1.65 bits per heavy atom. The lowest BCUT2D eigenvalue weighted by atomic mass is 10.2. The van der Waals surface area contributed by atoms with Gasteiger partial charge in [-0.1, -0.05) is 0 Å². The van der Waals surface area contributed by atoms with Crippen LogP contribution in [0.25, 0.3) is 0 Å². The number of methoxy groups -OCH3 is 1. The molecule has 1 saturated carbocycles. The van der Waals surface area contributed by atoms with Crippen LogP contribution in [-0.2, 0) is 4.74 Å². The highest BCUT2D eigenvalue weighted by atomic mass is 16.5. The number of nitrogens with two attached hydrogens (primary N) is 1. The third-order valence-corrected chi connectivity index (χ3v) is 2.87. The number of hydrogen-bond donors (Lipinski definition) is 2. The first-order valence-electron chi connectivity index (χ1n) is 5.78. The second kappa shape index (κ2) is 5.14. The molecule has 0 spiro atoms. The van der Waals surface area contributed by atoms with Crippen molar-refractivity contribution in [3.05, 3.63) is 23.9 Å². The molecule has 0 saturated heterocycles. The Kier molecular flexibility index (Phi) is 3.58. The van der Waals surface area contributed by atoms with Crippen LogP contribution in [0.1, 0.15) is 18.4 Å². The molecule has 1 aromatic heterocycles. The summed E-state index contributed by atoms with van der Waals surface area (Å²) in [7, 11) is 1.70. The van der Waals surface area contributed by atoms with Crippen molar-refractivity contribution in [2.24, 2.45) is 5.73 Å². The van der Waals surface area contributed by atoms with Crippen LogP contribution in [0.15, 0.2) is 18.3 Å². The van der Waals surface area contributed by atoms with Crippen LogP contribution in [0.4, 0.5) is 5.82 Å². The largest absolute Gasteiger partial charge is 0.384 e. The second-order valence-corrected chi connectivity index (χ2v) is 4.23. The fourth-order valence-electron chi connectivity index (χ4n) is 1.80. The number of anilines is 1. The summed E-state index contributed by atoms with van der Waals surface area (Å²) in [5, 5.41) is 7.44. The number of aromatic nitrogens is 1. The van der Waals surface area contributed by atoms with Crippen molar-refractivity contribution in [1.29, 1.82) is 5.41 Å². The van der Waals surface area contributed by atoms with Gasteiger partial charge in [-0.3, -0.25) is 5.41 Å². The highest BCUT2D eigenvalue weighted by molar-refractivity contribution is 5.95. The molecule has 0 radical (unpaired) electrons. The Balaban J connectivity index is 2.16. The van der Waals surface area contributed by atoms with Crippen molar-refractivity contribution in [1.82, 2.24) is 4.98 Å². The predicted molar refractivity (Wildman–Crippen MR) is 67.5 cm³/mol. The lowest BCUT2D eigenvalue weighted by molar-refractivity contribution is 0.204. The maximum atomic E-state index is 7.44. The molecule has 0 amide bonds. The summed E-state index contributed by atoms with van der Waals surface area (Å²) in [6.07, 6.45) is 4.11. The molecule has 1 heterocycles. The predicted octanol–water partition coefficient (Wildman–Crippen LogP) is 0.981. The molecule has 0 aromatic carbocycles. The van der Waals surface area contributed by atoms with E-state index in [1.54, 1.807) is 19.4 Å². The monoisotopic (exact) mass is 234 g/mol. The maximum Gasteiger partial charge on any atom is 0.129 e. The van der Waals surface area contributed by atoms with Gasteiger partial charge in [0.25, 0.3) is 0 Å². The minimum Gasteiger partial charge on any atom is -0.384 e. The minimum absolute atomic E-state index is 0.0798. The summed E-state index contributed by atoms with van der Waals surface area (Å²) in [6, 6.07) is 4.20. The molecule has 0 unspecified atom stereocenters. The van der Waals surface area contributed by atoms with Gasteiger partial charge in [0.1, 0.15) is 11.7 Å². The molecule has 2 rings (SSSR count). The molecule has 17 heavy (non-hydrogen) atoms. The maximum absolute atomic E-state index is 7.44. The fraction of sp³-hybridized carbons (Fsp3) is 0.500. The molecule has 1 aliphatic rings. The minimum atomic E-state index is 0.0798. The van der Waals surface area contributed by atoms with E-state index in [4.69, 9.17) is 15.9 Å². The number of nitrogen functional groups attached to an aromatic ring is 1. The van der Waals surface area contributed by atoms with Gasteiger partial charge in [-0.15, -0.1) is 0 Å². The van der Waals surface area contributed by atoms with Crippen LogP contribution in [0.3, 0.4) is 0 Å². The molecule has 3 N–H and O–H groups in total. The highest BCUT2D eigenvalue weighted by Crippen LogP contribution is 2.30. The van der Waals surface area contributed by atoms with Crippen LogP contribution in [-0.4, -0.2) is 37.1 Å². The SMILES string of the molecule is COCCN(c1cc(C(=N)N)ccn1)C1CC1. The first-order chi connectivity index (χ1) is 8.22. The van der Waals surface area contributed by atoms with E-state index in [9.17, 15) is 0 Å². The van der Waals surface area contributed by atoms with Gasteiger partial charge in [-0.2, -0.15) is 0 Å². The Bertz CT molecular complexity index is 403. The van der Waals surface area contributed by atoms with E-state index in [2.05, 4.69) is 9.88 Å². The van der Waals surface area contributed by atoms with Gasteiger partial charge < -0.3 is 15.4 Å². The van der Waals surface area contributed by atoms with Gasteiger partial charge in [0.05, 0.1) is 6.61 Å². The Hall–Kier alpha value is -1.62. The zero-order valence-electron chi connectivity index (χ0n) is 10.0. The van der Waals surface area contributed by atoms with Crippen LogP contribution in [0, 0.1) is 5.41 Å². The second-order valence-electron chi connectivity index (χ2n) is 4.23. The average molecular weight is 234 g/mol. The molecule has 0 aliphatic heterocycles. The van der Waals surface area contributed by atoms with Crippen LogP contribution >= 0.6 is 0 Å². The zero-order valence-corrected chi connectivity index (χ0v) is 10.0. The van der Waals surface area contributed by atoms with E-state index < -0.39 is 0 Å². The van der Waals surface area contributed by atoms with Crippen molar-refractivity contribution in [3.63, 3.8) is 0 Å². The van der Waals surface area contributed by atoms with E-state index in [1.807, 2.05) is 6.07 Å². The van der Waals surface area contributed by atoms with E-state index in [-0.39, 0.29) is 5.84 Å². The molecule has 5 nitrogen and oxygen atoms in total. The summed E-state index contributed by atoms with van der Waals surface area (Å²) >= 11 is 0. The van der Waals surface area contributed by atoms with E-state index >= 15 is 0 Å². The van der Waals surface area contributed by atoms with Crippen LogP contribution < -0.4 is 10.6 Å².